The molecule has 0 saturated carbocycles. The molecule has 1 atom stereocenters. The van der Waals surface area contributed by atoms with Crippen LogP contribution in [0.4, 0.5) is 5.69 Å². The van der Waals surface area contributed by atoms with Crippen molar-refractivity contribution in [1.82, 2.24) is 0 Å². The first-order valence-corrected chi connectivity index (χ1v) is 7.99. The smallest absolute Gasteiger partial charge is 0.123 e. The summed E-state index contributed by atoms with van der Waals surface area (Å²) in [5, 5.41) is 0. The van der Waals surface area contributed by atoms with Crippen molar-refractivity contribution in [3.05, 3.63) is 102 Å². The fourth-order valence-electron chi connectivity index (χ4n) is 2.64. The molecule has 0 bridgehead atoms. The monoisotopic (exact) mass is 315 g/mol. The second kappa shape index (κ2) is 7.57. The molecule has 24 heavy (non-hydrogen) atoms. The fourth-order valence-corrected chi connectivity index (χ4v) is 2.64. The van der Waals surface area contributed by atoms with E-state index in [9.17, 15) is 0 Å². The van der Waals surface area contributed by atoms with E-state index in [0.717, 1.165) is 28.1 Å². The van der Waals surface area contributed by atoms with E-state index in [1.807, 2.05) is 66.7 Å². The Bertz CT molecular complexity index is 811. The molecular weight excluding hydrogens is 294 g/mol. The standard InChI is InChI=1S/C21H21N3/c22-19-13-7-8-16(14-19)15-20(17-9-3-1-4-10-17)24-21(23)18-11-5-2-6-12-18/h1-14,21H,15,22-23H2/b24-20+. The van der Waals surface area contributed by atoms with Crippen LogP contribution in [0.25, 0.3) is 0 Å². The number of nitrogens with two attached hydrogens (primary N) is 2. The lowest BCUT2D eigenvalue weighted by atomic mass is 10.0. The van der Waals surface area contributed by atoms with Crippen LogP contribution in [0.2, 0.25) is 0 Å². The minimum absolute atomic E-state index is 0.387. The third-order valence-electron chi connectivity index (χ3n) is 3.87. The first kappa shape index (κ1) is 16.0. The summed E-state index contributed by atoms with van der Waals surface area (Å²) >= 11 is 0. The fraction of sp³-hybridized carbons (Fsp3) is 0.0952. The van der Waals surface area contributed by atoms with E-state index >= 15 is 0 Å². The molecule has 4 N–H and O–H groups in total. The minimum atomic E-state index is -0.387. The van der Waals surface area contributed by atoms with Crippen molar-refractivity contribution >= 4 is 11.4 Å². The van der Waals surface area contributed by atoms with Gasteiger partial charge in [-0.25, -0.2) is 0 Å². The molecule has 0 spiro atoms. The molecule has 3 heteroatoms. The molecular formula is C21H21N3. The average Bonchev–Trinajstić information content (AvgIpc) is 2.63. The van der Waals surface area contributed by atoms with Crippen molar-refractivity contribution in [3.8, 4) is 0 Å². The predicted molar refractivity (Wildman–Crippen MR) is 101 cm³/mol. The summed E-state index contributed by atoms with van der Waals surface area (Å²) in [6, 6.07) is 28.0. The maximum absolute atomic E-state index is 6.30. The van der Waals surface area contributed by atoms with Crippen molar-refractivity contribution in [1.29, 1.82) is 0 Å². The second-order valence-electron chi connectivity index (χ2n) is 5.72. The molecule has 0 aliphatic heterocycles. The van der Waals surface area contributed by atoms with Gasteiger partial charge in [-0.05, 0) is 28.8 Å². The van der Waals surface area contributed by atoms with Gasteiger partial charge in [0.2, 0.25) is 0 Å². The first-order chi connectivity index (χ1) is 11.7. The number of hydrogen-bond acceptors (Lipinski definition) is 3. The Morgan fingerprint density at radius 3 is 2.17 bits per heavy atom. The summed E-state index contributed by atoms with van der Waals surface area (Å²) in [6.45, 7) is 0. The summed E-state index contributed by atoms with van der Waals surface area (Å²) in [6.07, 6.45) is 0.303. The normalized spacial score (nSPS) is 12.8. The summed E-state index contributed by atoms with van der Waals surface area (Å²) in [5.41, 5.74) is 17.1. The van der Waals surface area contributed by atoms with Gasteiger partial charge in [0.25, 0.3) is 0 Å². The maximum atomic E-state index is 6.30. The highest BCUT2D eigenvalue weighted by atomic mass is 14.9. The second-order valence-corrected chi connectivity index (χ2v) is 5.72. The minimum Gasteiger partial charge on any atom is -0.399 e. The number of anilines is 1. The average molecular weight is 315 g/mol. The van der Waals surface area contributed by atoms with Gasteiger partial charge in [0.15, 0.2) is 0 Å². The molecule has 3 rings (SSSR count). The van der Waals surface area contributed by atoms with Gasteiger partial charge >= 0.3 is 0 Å². The number of rotatable bonds is 5. The van der Waals surface area contributed by atoms with Crippen molar-refractivity contribution in [2.75, 3.05) is 5.73 Å². The van der Waals surface area contributed by atoms with E-state index in [0.29, 0.717) is 6.42 Å². The van der Waals surface area contributed by atoms with Crippen LogP contribution in [-0.4, -0.2) is 5.71 Å². The molecule has 3 aromatic carbocycles. The lowest BCUT2D eigenvalue weighted by molar-refractivity contribution is 0.773. The van der Waals surface area contributed by atoms with E-state index in [2.05, 4.69) is 18.2 Å². The molecule has 0 heterocycles. The molecule has 0 aliphatic carbocycles. The van der Waals surface area contributed by atoms with Crippen LogP contribution in [0.3, 0.4) is 0 Å². The van der Waals surface area contributed by atoms with Gasteiger partial charge in [0.05, 0.1) is 0 Å². The number of benzene rings is 3. The number of aliphatic imine (C=N–C) groups is 1. The number of hydrogen-bond donors (Lipinski definition) is 2. The van der Waals surface area contributed by atoms with Gasteiger partial charge in [0, 0.05) is 17.8 Å². The largest absolute Gasteiger partial charge is 0.399 e. The topological polar surface area (TPSA) is 64.4 Å². The molecule has 120 valence electrons. The van der Waals surface area contributed by atoms with Crippen LogP contribution in [-0.2, 0) is 6.42 Å². The number of nitrogens with zero attached hydrogens (tertiary/aromatic N) is 1. The van der Waals surface area contributed by atoms with Gasteiger partial charge in [-0.1, -0.05) is 72.8 Å². The number of nitrogen functional groups attached to an aromatic ring is 1. The summed E-state index contributed by atoms with van der Waals surface area (Å²) in [7, 11) is 0. The zero-order chi connectivity index (χ0) is 16.8. The molecule has 3 nitrogen and oxygen atoms in total. The van der Waals surface area contributed by atoms with Crippen molar-refractivity contribution in [2.24, 2.45) is 10.7 Å². The Morgan fingerprint density at radius 1 is 0.833 bits per heavy atom. The quantitative estimate of drug-likeness (QED) is 0.553. The van der Waals surface area contributed by atoms with E-state index in [1.54, 1.807) is 0 Å². The van der Waals surface area contributed by atoms with Crippen LogP contribution in [0.5, 0.6) is 0 Å². The van der Waals surface area contributed by atoms with Gasteiger partial charge < -0.3 is 11.5 Å². The van der Waals surface area contributed by atoms with Gasteiger partial charge in [-0.3, -0.25) is 4.99 Å². The van der Waals surface area contributed by atoms with E-state index in [4.69, 9.17) is 16.5 Å². The predicted octanol–water partition coefficient (Wildman–Crippen LogP) is 3.96. The lowest BCUT2D eigenvalue weighted by Crippen LogP contribution is -2.14. The zero-order valence-electron chi connectivity index (χ0n) is 13.5. The zero-order valence-corrected chi connectivity index (χ0v) is 13.5. The Labute approximate surface area is 142 Å². The SMILES string of the molecule is Nc1cccc(C/C(=N\C(N)c2ccccc2)c2ccccc2)c1. The highest BCUT2D eigenvalue weighted by Gasteiger charge is 2.09. The molecule has 1 unspecified atom stereocenters. The molecule has 0 radical (unpaired) electrons. The lowest BCUT2D eigenvalue weighted by Gasteiger charge is -2.13. The Balaban J connectivity index is 1.94. The summed E-state index contributed by atoms with van der Waals surface area (Å²) in [5.74, 6) is 0. The summed E-state index contributed by atoms with van der Waals surface area (Å²) < 4.78 is 0. The van der Waals surface area contributed by atoms with Crippen molar-refractivity contribution < 1.29 is 0 Å². The van der Waals surface area contributed by atoms with Crippen LogP contribution in [0.1, 0.15) is 22.9 Å². The third-order valence-corrected chi connectivity index (χ3v) is 3.87. The van der Waals surface area contributed by atoms with Crippen LogP contribution < -0.4 is 11.5 Å². The summed E-state index contributed by atoms with van der Waals surface area (Å²) in [4.78, 5) is 4.80. The highest BCUT2D eigenvalue weighted by molar-refractivity contribution is 6.02. The Kier molecular flexibility index (Phi) is 5.04. The first-order valence-electron chi connectivity index (χ1n) is 7.99. The molecule has 0 saturated heterocycles. The molecule has 0 fully saturated rings. The third kappa shape index (κ3) is 4.09. The van der Waals surface area contributed by atoms with Gasteiger partial charge in [0.1, 0.15) is 6.17 Å². The van der Waals surface area contributed by atoms with Crippen LogP contribution >= 0.6 is 0 Å². The van der Waals surface area contributed by atoms with Crippen LogP contribution in [0, 0.1) is 0 Å². The maximum Gasteiger partial charge on any atom is 0.123 e. The van der Waals surface area contributed by atoms with E-state index in [-0.39, 0.29) is 6.17 Å². The van der Waals surface area contributed by atoms with Gasteiger partial charge in [-0.2, -0.15) is 0 Å². The molecule has 0 aromatic heterocycles. The molecule has 0 aliphatic rings. The molecule has 0 amide bonds. The van der Waals surface area contributed by atoms with Crippen molar-refractivity contribution in [3.63, 3.8) is 0 Å². The molecule has 3 aromatic rings. The van der Waals surface area contributed by atoms with E-state index in [1.165, 1.54) is 0 Å². The Hall–Kier alpha value is -2.91. The van der Waals surface area contributed by atoms with E-state index < -0.39 is 0 Å². The highest BCUT2D eigenvalue weighted by Crippen LogP contribution is 2.16. The van der Waals surface area contributed by atoms with Crippen LogP contribution in [0.15, 0.2) is 89.9 Å². The van der Waals surface area contributed by atoms with Crippen molar-refractivity contribution in [2.45, 2.75) is 12.6 Å². The van der Waals surface area contributed by atoms with Gasteiger partial charge in [-0.15, -0.1) is 0 Å². The Morgan fingerprint density at radius 2 is 1.50 bits per heavy atom.